The standard InChI is InChI=1S/C13H16N2O2/c1-10(16)14-12-6-4-11(5-7-12)9-15-8-2-3-13(15)17/h4-7H,2-3,8-9H2,1H3,(H,14,16). The van der Waals surface area contributed by atoms with Crippen molar-refractivity contribution in [2.45, 2.75) is 26.3 Å². The fourth-order valence-electron chi connectivity index (χ4n) is 1.99. The monoisotopic (exact) mass is 232 g/mol. The third kappa shape index (κ3) is 3.06. The molecule has 1 saturated heterocycles. The first-order chi connectivity index (χ1) is 8.15. The molecule has 0 aliphatic carbocycles. The lowest BCUT2D eigenvalue weighted by Gasteiger charge is -2.15. The van der Waals surface area contributed by atoms with Crippen molar-refractivity contribution in [1.29, 1.82) is 0 Å². The highest BCUT2D eigenvalue weighted by molar-refractivity contribution is 5.88. The van der Waals surface area contributed by atoms with Gasteiger partial charge in [0.05, 0.1) is 0 Å². The van der Waals surface area contributed by atoms with Gasteiger partial charge in [-0.15, -0.1) is 0 Å². The molecule has 4 heteroatoms. The van der Waals surface area contributed by atoms with Crippen molar-refractivity contribution < 1.29 is 9.59 Å². The van der Waals surface area contributed by atoms with Crippen LogP contribution in [0.2, 0.25) is 0 Å². The van der Waals surface area contributed by atoms with Gasteiger partial charge in [0.2, 0.25) is 11.8 Å². The van der Waals surface area contributed by atoms with Gasteiger partial charge in [0.15, 0.2) is 0 Å². The summed E-state index contributed by atoms with van der Waals surface area (Å²) in [4.78, 5) is 24.2. The highest BCUT2D eigenvalue weighted by Crippen LogP contribution is 2.16. The fraction of sp³-hybridized carbons (Fsp3) is 0.385. The van der Waals surface area contributed by atoms with Gasteiger partial charge in [-0.2, -0.15) is 0 Å². The van der Waals surface area contributed by atoms with Crippen LogP contribution in [0.1, 0.15) is 25.3 Å². The van der Waals surface area contributed by atoms with E-state index >= 15 is 0 Å². The molecule has 2 amide bonds. The lowest BCUT2D eigenvalue weighted by Crippen LogP contribution is -2.23. The maximum atomic E-state index is 11.5. The molecule has 1 aliphatic heterocycles. The lowest BCUT2D eigenvalue weighted by atomic mass is 10.2. The van der Waals surface area contributed by atoms with E-state index in [1.165, 1.54) is 6.92 Å². The van der Waals surface area contributed by atoms with Crippen LogP contribution in [-0.2, 0) is 16.1 Å². The Balaban J connectivity index is 1.98. The Morgan fingerprint density at radius 3 is 2.59 bits per heavy atom. The third-order valence-electron chi connectivity index (χ3n) is 2.82. The van der Waals surface area contributed by atoms with E-state index in [9.17, 15) is 9.59 Å². The molecule has 0 bridgehead atoms. The van der Waals surface area contributed by atoms with Crippen molar-refractivity contribution in [1.82, 2.24) is 4.90 Å². The van der Waals surface area contributed by atoms with Gasteiger partial charge >= 0.3 is 0 Å². The molecule has 90 valence electrons. The Bertz CT molecular complexity index is 426. The minimum atomic E-state index is -0.0764. The fourth-order valence-corrected chi connectivity index (χ4v) is 1.99. The summed E-state index contributed by atoms with van der Waals surface area (Å²) in [6, 6.07) is 7.60. The zero-order chi connectivity index (χ0) is 12.3. The summed E-state index contributed by atoms with van der Waals surface area (Å²) in [6.45, 7) is 3.00. The summed E-state index contributed by atoms with van der Waals surface area (Å²) in [6.07, 6.45) is 1.63. The predicted molar refractivity (Wildman–Crippen MR) is 65.4 cm³/mol. The molecule has 0 unspecified atom stereocenters. The van der Waals surface area contributed by atoms with Gasteiger partial charge in [0.25, 0.3) is 0 Å². The van der Waals surface area contributed by atoms with Gasteiger partial charge in [-0.3, -0.25) is 9.59 Å². The van der Waals surface area contributed by atoms with Crippen molar-refractivity contribution in [2.75, 3.05) is 11.9 Å². The number of benzene rings is 1. The quantitative estimate of drug-likeness (QED) is 0.863. The number of anilines is 1. The highest BCUT2D eigenvalue weighted by Gasteiger charge is 2.19. The zero-order valence-corrected chi connectivity index (χ0v) is 9.90. The number of carbonyl (C=O) groups excluding carboxylic acids is 2. The van der Waals surface area contributed by atoms with E-state index in [-0.39, 0.29) is 11.8 Å². The van der Waals surface area contributed by atoms with Crippen LogP contribution < -0.4 is 5.32 Å². The number of amides is 2. The second kappa shape index (κ2) is 4.99. The SMILES string of the molecule is CC(=O)Nc1ccc(CN2CCCC2=O)cc1. The normalized spacial score (nSPS) is 15.1. The molecule has 2 rings (SSSR count). The number of hydrogen-bond acceptors (Lipinski definition) is 2. The maximum Gasteiger partial charge on any atom is 0.222 e. The van der Waals surface area contributed by atoms with E-state index in [0.717, 1.165) is 24.2 Å². The molecule has 0 spiro atoms. The van der Waals surface area contributed by atoms with Crippen molar-refractivity contribution >= 4 is 17.5 Å². The maximum absolute atomic E-state index is 11.5. The van der Waals surface area contributed by atoms with Gasteiger partial charge in [0.1, 0.15) is 0 Å². The molecule has 0 atom stereocenters. The van der Waals surface area contributed by atoms with E-state index in [1.54, 1.807) is 0 Å². The summed E-state index contributed by atoms with van der Waals surface area (Å²) in [5.74, 6) is 0.156. The Morgan fingerprint density at radius 1 is 1.35 bits per heavy atom. The van der Waals surface area contributed by atoms with E-state index in [0.29, 0.717) is 13.0 Å². The topological polar surface area (TPSA) is 49.4 Å². The molecular formula is C13H16N2O2. The van der Waals surface area contributed by atoms with Crippen molar-refractivity contribution in [3.63, 3.8) is 0 Å². The molecule has 0 saturated carbocycles. The summed E-state index contributed by atoms with van der Waals surface area (Å²) < 4.78 is 0. The van der Waals surface area contributed by atoms with Crippen molar-refractivity contribution in [3.8, 4) is 0 Å². The first-order valence-electron chi connectivity index (χ1n) is 5.79. The molecular weight excluding hydrogens is 216 g/mol. The molecule has 0 radical (unpaired) electrons. The van der Waals surface area contributed by atoms with Gasteiger partial charge < -0.3 is 10.2 Å². The van der Waals surface area contributed by atoms with E-state index in [4.69, 9.17) is 0 Å². The number of likely N-dealkylation sites (tertiary alicyclic amines) is 1. The van der Waals surface area contributed by atoms with Gasteiger partial charge in [-0.25, -0.2) is 0 Å². The van der Waals surface area contributed by atoms with E-state index in [1.807, 2.05) is 29.2 Å². The molecule has 1 aromatic carbocycles. The van der Waals surface area contributed by atoms with Crippen LogP contribution >= 0.6 is 0 Å². The van der Waals surface area contributed by atoms with Gasteiger partial charge in [-0.1, -0.05) is 12.1 Å². The zero-order valence-electron chi connectivity index (χ0n) is 9.90. The molecule has 0 aromatic heterocycles. The highest BCUT2D eigenvalue weighted by atomic mass is 16.2. The third-order valence-corrected chi connectivity index (χ3v) is 2.82. The predicted octanol–water partition coefficient (Wildman–Crippen LogP) is 1.77. The van der Waals surface area contributed by atoms with Crippen LogP contribution in [-0.4, -0.2) is 23.3 Å². The molecule has 1 fully saturated rings. The molecule has 1 aromatic rings. The minimum Gasteiger partial charge on any atom is -0.338 e. The van der Waals surface area contributed by atoms with Gasteiger partial charge in [-0.05, 0) is 24.1 Å². The summed E-state index contributed by atoms with van der Waals surface area (Å²) in [5, 5.41) is 2.71. The first kappa shape index (κ1) is 11.6. The van der Waals surface area contributed by atoms with Crippen LogP contribution in [0.25, 0.3) is 0 Å². The van der Waals surface area contributed by atoms with Crippen molar-refractivity contribution in [2.24, 2.45) is 0 Å². The number of hydrogen-bond donors (Lipinski definition) is 1. The Kier molecular flexibility index (Phi) is 3.42. The second-order valence-electron chi connectivity index (χ2n) is 4.30. The summed E-state index contributed by atoms with van der Waals surface area (Å²) in [5.41, 5.74) is 1.88. The van der Waals surface area contributed by atoms with Crippen LogP contribution in [0.5, 0.6) is 0 Å². The number of rotatable bonds is 3. The average Bonchev–Trinajstić information content (AvgIpc) is 2.67. The Morgan fingerprint density at radius 2 is 2.06 bits per heavy atom. The second-order valence-corrected chi connectivity index (χ2v) is 4.30. The van der Waals surface area contributed by atoms with Crippen LogP contribution in [0, 0.1) is 0 Å². The van der Waals surface area contributed by atoms with Crippen LogP contribution in [0.4, 0.5) is 5.69 Å². The largest absolute Gasteiger partial charge is 0.338 e. The van der Waals surface area contributed by atoms with Crippen LogP contribution in [0.3, 0.4) is 0 Å². The Labute approximate surface area is 101 Å². The molecule has 1 N–H and O–H groups in total. The Hall–Kier alpha value is -1.84. The summed E-state index contributed by atoms with van der Waals surface area (Å²) >= 11 is 0. The molecule has 4 nitrogen and oxygen atoms in total. The van der Waals surface area contributed by atoms with E-state index < -0.39 is 0 Å². The number of nitrogens with one attached hydrogen (secondary N) is 1. The van der Waals surface area contributed by atoms with Gasteiger partial charge in [0, 0.05) is 32.1 Å². The van der Waals surface area contributed by atoms with E-state index in [2.05, 4.69) is 5.32 Å². The molecule has 17 heavy (non-hydrogen) atoms. The lowest BCUT2D eigenvalue weighted by molar-refractivity contribution is -0.128. The summed E-state index contributed by atoms with van der Waals surface area (Å²) in [7, 11) is 0. The average molecular weight is 232 g/mol. The van der Waals surface area contributed by atoms with Crippen LogP contribution in [0.15, 0.2) is 24.3 Å². The molecule has 1 heterocycles. The number of carbonyl (C=O) groups is 2. The smallest absolute Gasteiger partial charge is 0.222 e. The molecule has 1 aliphatic rings. The minimum absolute atomic E-state index is 0.0764. The number of nitrogens with zero attached hydrogens (tertiary/aromatic N) is 1. The first-order valence-corrected chi connectivity index (χ1v) is 5.79. The van der Waals surface area contributed by atoms with Crippen molar-refractivity contribution in [3.05, 3.63) is 29.8 Å².